The SMILES string of the molecule is Cc1cc2c3c(c1)N(c1ccc(C(C)(C)C)cc1)c1cc(C(C)(C)C)ccc1B3c1ccc(N(c3ccc(C(C)(C)C)cc3)c3ccc4c5ccccc5n(-c5ccccc5)c4c3)cc1N2c1ccc2c(c1)C(C)(C)c1ccccc1-2. The lowest BCUT2D eigenvalue weighted by Gasteiger charge is -2.45. The van der Waals surface area contributed by atoms with E-state index >= 15 is 0 Å². The van der Waals surface area contributed by atoms with Gasteiger partial charge in [0.05, 0.1) is 11.0 Å². The second-order valence-corrected chi connectivity index (χ2v) is 26.8. The number of hydrogen-bond acceptors (Lipinski definition) is 3. The zero-order chi connectivity index (χ0) is 56.1. The van der Waals surface area contributed by atoms with E-state index in [2.05, 4.69) is 315 Å². The van der Waals surface area contributed by atoms with E-state index in [1.54, 1.807) is 0 Å². The molecule has 11 aromatic rings. The highest BCUT2D eigenvalue weighted by Crippen LogP contribution is 2.53. The summed E-state index contributed by atoms with van der Waals surface area (Å²) < 4.78 is 2.43. The van der Waals surface area contributed by atoms with Crippen molar-refractivity contribution < 1.29 is 0 Å². The zero-order valence-electron chi connectivity index (χ0n) is 49.1. The molecule has 0 radical (unpaired) electrons. The standard InChI is InChI=1S/C76H71BN4/c1-48-42-70-72-71(43-48)81(55-35-38-59-58-22-16-18-24-62(58)76(11,12)63(59)45-55)69-47-57(37-41-65(69)77(72)64-40-30-51(75(8,9)10)44-68(64)80(70)54-33-28-50(29-34-54)74(5,6)7)78(53-31-26-49(27-32-53)73(2,3)4)56-36-39-61-60-23-17-19-25-66(60)79(67(61)46-56)52-20-14-13-15-21-52/h13-47H,1-12H3. The van der Waals surface area contributed by atoms with Crippen LogP contribution in [-0.4, -0.2) is 11.3 Å². The van der Waals surface area contributed by atoms with Gasteiger partial charge in [-0.15, -0.1) is 0 Å². The van der Waals surface area contributed by atoms with E-state index in [0.717, 1.165) is 28.4 Å². The van der Waals surface area contributed by atoms with Crippen molar-refractivity contribution in [2.45, 2.75) is 105 Å². The molecule has 3 aliphatic rings. The fourth-order valence-corrected chi connectivity index (χ4v) is 13.7. The molecular weight excluding hydrogens is 980 g/mol. The van der Waals surface area contributed by atoms with E-state index in [0.29, 0.717) is 0 Å². The van der Waals surface area contributed by atoms with Crippen molar-refractivity contribution in [1.29, 1.82) is 0 Å². The number of benzene rings is 10. The molecule has 10 aromatic carbocycles. The average molecular weight is 1050 g/mol. The Balaban J connectivity index is 1.04. The van der Waals surface area contributed by atoms with Gasteiger partial charge in [-0.2, -0.15) is 0 Å². The van der Waals surface area contributed by atoms with Crippen molar-refractivity contribution in [3.63, 3.8) is 0 Å². The van der Waals surface area contributed by atoms with Gasteiger partial charge in [0.2, 0.25) is 0 Å². The lowest BCUT2D eigenvalue weighted by Crippen LogP contribution is -2.61. The largest absolute Gasteiger partial charge is 0.311 e. The van der Waals surface area contributed by atoms with E-state index in [1.807, 2.05) is 0 Å². The van der Waals surface area contributed by atoms with Crippen LogP contribution < -0.4 is 31.1 Å². The van der Waals surface area contributed by atoms with Crippen LogP contribution in [0.5, 0.6) is 0 Å². The van der Waals surface area contributed by atoms with Crippen molar-refractivity contribution in [2.75, 3.05) is 14.7 Å². The molecule has 1 aromatic heterocycles. The van der Waals surface area contributed by atoms with Crippen molar-refractivity contribution in [3.8, 4) is 16.8 Å². The van der Waals surface area contributed by atoms with E-state index in [4.69, 9.17) is 0 Å². The number of rotatable bonds is 6. The summed E-state index contributed by atoms with van der Waals surface area (Å²) in [7, 11) is 0. The minimum atomic E-state index is -0.187. The van der Waals surface area contributed by atoms with E-state index in [1.165, 1.54) is 111 Å². The van der Waals surface area contributed by atoms with Crippen molar-refractivity contribution in [3.05, 3.63) is 246 Å². The average Bonchev–Trinajstić information content (AvgIpc) is 4.05. The summed E-state index contributed by atoms with van der Waals surface area (Å²) in [5.74, 6) is 0. The monoisotopic (exact) mass is 1050 g/mol. The maximum atomic E-state index is 2.62. The highest BCUT2D eigenvalue weighted by atomic mass is 15.2. The molecule has 398 valence electrons. The topological polar surface area (TPSA) is 14.7 Å². The van der Waals surface area contributed by atoms with Gasteiger partial charge in [-0.05, 0) is 181 Å². The van der Waals surface area contributed by atoms with Gasteiger partial charge in [0.25, 0.3) is 6.71 Å². The first kappa shape index (κ1) is 50.7. The number of nitrogens with zero attached hydrogens (tertiary/aromatic N) is 4. The number of aryl methyl sites for hydroxylation is 1. The Morgan fingerprint density at radius 1 is 0.383 bits per heavy atom. The van der Waals surface area contributed by atoms with Crippen molar-refractivity contribution in [1.82, 2.24) is 4.57 Å². The van der Waals surface area contributed by atoms with Crippen LogP contribution in [0, 0.1) is 6.92 Å². The lowest BCUT2D eigenvalue weighted by molar-refractivity contribution is 0.590. The summed E-state index contributed by atoms with van der Waals surface area (Å²) in [6.07, 6.45) is 0. The maximum Gasteiger partial charge on any atom is 0.252 e. The summed E-state index contributed by atoms with van der Waals surface area (Å²) in [5, 5.41) is 2.47. The first-order valence-corrected chi connectivity index (χ1v) is 29.1. The van der Waals surface area contributed by atoms with Crippen LogP contribution in [0.15, 0.2) is 212 Å². The number of para-hydroxylation sites is 2. The molecule has 0 N–H and O–H groups in total. The third kappa shape index (κ3) is 8.01. The van der Waals surface area contributed by atoms with E-state index in [9.17, 15) is 0 Å². The molecule has 0 spiro atoms. The molecule has 5 heteroatoms. The van der Waals surface area contributed by atoms with Crippen LogP contribution in [0.2, 0.25) is 0 Å². The molecule has 14 rings (SSSR count). The van der Waals surface area contributed by atoms with Crippen LogP contribution in [0.1, 0.15) is 110 Å². The Labute approximate surface area is 480 Å². The predicted molar refractivity (Wildman–Crippen MR) is 348 cm³/mol. The van der Waals surface area contributed by atoms with Crippen LogP contribution in [0.3, 0.4) is 0 Å². The molecule has 1 aliphatic carbocycles. The molecule has 0 saturated heterocycles. The first-order valence-electron chi connectivity index (χ1n) is 29.1. The van der Waals surface area contributed by atoms with Gasteiger partial charge in [-0.25, -0.2) is 0 Å². The fraction of sp³-hybridized carbons (Fsp3) is 0.211. The third-order valence-electron chi connectivity index (χ3n) is 18.1. The van der Waals surface area contributed by atoms with Gasteiger partial charge in [0.15, 0.2) is 0 Å². The summed E-state index contributed by atoms with van der Waals surface area (Å²) >= 11 is 0. The zero-order valence-corrected chi connectivity index (χ0v) is 49.1. The molecule has 0 unspecified atom stereocenters. The quantitative estimate of drug-likeness (QED) is 0.154. The molecule has 3 heterocycles. The van der Waals surface area contributed by atoms with Gasteiger partial charge in [-0.3, -0.25) is 0 Å². The number of fused-ring (bicyclic) bond motifs is 10. The van der Waals surface area contributed by atoms with Crippen LogP contribution >= 0.6 is 0 Å². The highest BCUT2D eigenvalue weighted by molar-refractivity contribution is 7.00. The molecule has 0 saturated carbocycles. The van der Waals surface area contributed by atoms with Gasteiger partial charge < -0.3 is 19.3 Å². The number of anilines is 9. The summed E-state index contributed by atoms with van der Waals surface area (Å²) in [6, 6.07) is 81.3. The van der Waals surface area contributed by atoms with Gasteiger partial charge in [-0.1, -0.05) is 191 Å². The summed E-state index contributed by atoms with van der Waals surface area (Å²) in [4.78, 5) is 7.69. The normalized spacial score (nSPS) is 14.2. The Morgan fingerprint density at radius 3 is 1.59 bits per heavy atom. The van der Waals surface area contributed by atoms with E-state index in [-0.39, 0.29) is 28.4 Å². The molecular formula is C76H71BN4. The smallest absolute Gasteiger partial charge is 0.252 e. The van der Waals surface area contributed by atoms with Gasteiger partial charge in [0, 0.05) is 73.1 Å². The Kier molecular flexibility index (Phi) is 11.3. The molecule has 4 nitrogen and oxygen atoms in total. The molecule has 81 heavy (non-hydrogen) atoms. The summed E-state index contributed by atoms with van der Waals surface area (Å²) in [6.45, 7) is 27.9. The lowest BCUT2D eigenvalue weighted by atomic mass is 9.33. The maximum absolute atomic E-state index is 2.62. The molecule has 2 aliphatic heterocycles. The second kappa shape index (κ2) is 18.0. The first-order chi connectivity index (χ1) is 38.7. The Bertz CT molecular complexity index is 4330. The minimum absolute atomic E-state index is 0.00320. The molecule has 0 bridgehead atoms. The highest BCUT2D eigenvalue weighted by Gasteiger charge is 2.45. The number of aromatic nitrogens is 1. The Hall–Kier alpha value is -8.54. The number of hydrogen-bond donors (Lipinski definition) is 0. The predicted octanol–water partition coefficient (Wildman–Crippen LogP) is 18.8. The van der Waals surface area contributed by atoms with Crippen molar-refractivity contribution in [2.24, 2.45) is 0 Å². The summed E-state index contributed by atoms with van der Waals surface area (Å²) in [5.41, 5.74) is 28.2. The Morgan fingerprint density at radius 2 is 0.901 bits per heavy atom. The second-order valence-electron chi connectivity index (χ2n) is 26.8. The fourth-order valence-electron chi connectivity index (χ4n) is 13.7. The van der Waals surface area contributed by atoms with Gasteiger partial charge >= 0.3 is 0 Å². The third-order valence-corrected chi connectivity index (χ3v) is 18.1. The van der Waals surface area contributed by atoms with Crippen LogP contribution in [0.4, 0.5) is 51.2 Å². The molecule has 0 amide bonds. The van der Waals surface area contributed by atoms with Gasteiger partial charge in [0.1, 0.15) is 0 Å². The van der Waals surface area contributed by atoms with Crippen LogP contribution in [-0.2, 0) is 21.7 Å². The van der Waals surface area contributed by atoms with Crippen LogP contribution in [0.25, 0.3) is 38.6 Å². The molecule has 0 atom stereocenters. The van der Waals surface area contributed by atoms with Crippen molar-refractivity contribution >= 4 is 96.1 Å². The van der Waals surface area contributed by atoms with E-state index < -0.39 is 0 Å². The molecule has 0 fully saturated rings. The minimum Gasteiger partial charge on any atom is -0.311 e.